The molecular weight excluding hydrogens is 308 g/mol. The normalized spacial score (nSPS) is 14.5. The van der Waals surface area contributed by atoms with E-state index >= 15 is 0 Å². The minimum atomic E-state index is -0.641. The molecule has 0 unspecified atom stereocenters. The van der Waals surface area contributed by atoms with E-state index in [4.69, 9.17) is 4.74 Å². The van der Waals surface area contributed by atoms with E-state index in [1.54, 1.807) is 12.1 Å². The van der Waals surface area contributed by atoms with E-state index in [9.17, 15) is 14.4 Å². The third-order valence-electron chi connectivity index (χ3n) is 4.09. The Hall–Kier alpha value is -2.37. The number of carbonyl (C=O) groups excluding carboxylic acids is 3. The largest absolute Gasteiger partial charge is 0.452 e. The van der Waals surface area contributed by atoms with Crippen molar-refractivity contribution in [3.8, 4) is 0 Å². The first-order valence-corrected chi connectivity index (χ1v) is 8.33. The second-order valence-corrected chi connectivity index (χ2v) is 6.36. The predicted octanol–water partition coefficient (Wildman–Crippen LogP) is 2.74. The molecule has 3 amide bonds. The molecule has 1 aromatic rings. The van der Waals surface area contributed by atoms with Crippen molar-refractivity contribution >= 4 is 17.9 Å². The Balaban J connectivity index is 1.74. The molecule has 2 N–H and O–H groups in total. The number of rotatable bonds is 5. The maximum Gasteiger partial charge on any atom is 0.338 e. The predicted molar refractivity (Wildman–Crippen MR) is 89.7 cm³/mol. The van der Waals surface area contributed by atoms with Crippen molar-refractivity contribution in [1.82, 2.24) is 10.6 Å². The van der Waals surface area contributed by atoms with Crippen LogP contribution >= 0.6 is 0 Å². The molecule has 6 nitrogen and oxygen atoms in total. The standard InChI is InChI=1S/C18H24N2O4/c1-12(2)13-7-9-14(10-8-13)17(22)24-11-16(21)20-18(23)19-15-5-3-4-6-15/h7-10,12,15H,3-6,11H2,1-2H3,(H2,19,20,21,23). The average Bonchev–Trinajstić information content (AvgIpc) is 3.05. The first kappa shape index (κ1) is 18.0. The Morgan fingerprint density at radius 2 is 1.75 bits per heavy atom. The van der Waals surface area contributed by atoms with Crippen molar-refractivity contribution in [3.63, 3.8) is 0 Å². The molecular formula is C18H24N2O4. The molecule has 1 saturated carbocycles. The van der Waals surface area contributed by atoms with Crippen LogP contribution in [0.15, 0.2) is 24.3 Å². The number of esters is 1. The lowest BCUT2D eigenvalue weighted by Gasteiger charge is -2.12. The topological polar surface area (TPSA) is 84.5 Å². The number of amides is 3. The molecule has 24 heavy (non-hydrogen) atoms. The summed E-state index contributed by atoms with van der Waals surface area (Å²) < 4.78 is 4.93. The number of nitrogens with one attached hydrogen (secondary N) is 2. The van der Waals surface area contributed by atoms with Gasteiger partial charge in [-0.05, 0) is 36.5 Å². The van der Waals surface area contributed by atoms with Gasteiger partial charge in [-0.3, -0.25) is 10.1 Å². The molecule has 0 bridgehead atoms. The zero-order valence-corrected chi connectivity index (χ0v) is 14.1. The van der Waals surface area contributed by atoms with Crippen LogP contribution in [0.5, 0.6) is 0 Å². The zero-order chi connectivity index (χ0) is 17.5. The molecule has 1 aromatic carbocycles. The highest BCUT2D eigenvalue weighted by molar-refractivity contribution is 5.97. The highest BCUT2D eigenvalue weighted by Crippen LogP contribution is 2.17. The fourth-order valence-electron chi connectivity index (χ4n) is 2.67. The van der Waals surface area contributed by atoms with Crippen LogP contribution in [-0.2, 0) is 9.53 Å². The van der Waals surface area contributed by atoms with Gasteiger partial charge in [0.05, 0.1) is 5.56 Å². The quantitative estimate of drug-likeness (QED) is 0.812. The van der Waals surface area contributed by atoms with Gasteiger partial charge in [0, 0.05) is 6.04 Å². The second-order valence-electron chi connectivity index (χ2n) is 6.36. The lowest BCUT2D eigenvalue weighted by molar-refractivity contribution is -0.123. The smallest absolute Gasteiger partial charge is 0.338 e. The molecule has 1 aliphatic carbocycles. The van der Waals surface area contributed by atoms with Gasteiger partial charge < -0.3 is 10.1 Å². The molecule has 1 fully saturated rings. The fraction of sp³-hybridized carbons (Fsp3) is 0.500. The van der Waals surface area contributed by atoms with Crippen LogP contribution in [0.2, 0.25) is 0 Å². The lowest BCUT2D eigenvalue weighted by atomic mass is 10.0. The van der Waals surface area contributed by atoms with Crippen LogP contribution in [0.3, 0.4) is 0 Å². The van der Waals surface area contributed by atoms with E-state index in [0.29, 0.717) is 11.5 Å². The first-order valence-electron chi connectivity index (χ1n) is 8.33. The van der Waals surface area contributed by atoms with Crippen LogP contribution in [0.1, 0.15) is 61.4 Å². The summed E-state index contributed by atoms with van der Waals surface area (Å²) in [5.74, 6) is -0.853. The maximum absolute atomic E-state index is 11.9. The second kappa shape index (κ2) is 8.47. The highest BCUT2D eigenvalue weighted by Gasteiger charge is 2.18. The minimum absolute atomic E-state index is 0.125. The number of imide groups is 1. The van der Waals surface area contributed by atoms with Gasteiger partial charge in [0.1, 0.15) is 0 Å². The molecule has 0 radical (unpaired) electrons. The molecule has 0 aliphatic heterocycles. The third-order valence-corrected chi connectivity index (χ3v) is 4.09. The summed E-state index contributed by atoms with van der Waals surface area (Å²) in [6.45, 7) is 3.64. The number of hydrogen-bond acceptors (Lipinski definition) is 4. The molecule has 130 valence electrons. The van der Waals surface area contributed by atoms with Crippen LogP contribution in [-0.4, -0.2) is 30.6 Å². The van der Waals surface area contributed by atoms with Gasteiger partial charge in [0.2, 0.25) is 0 Å². The van der Waals surface area contributed by atoms with Crippen LogP contribution in [0, 0.1) is 0 Å². The zero-order valence-electron chi connectivity index (χ0n) is 14.1. The summed E-state index contributed by atoms with van der Waals surface area (Å²) in [7, 11) is 0. The highest BCUT2D eigenvalue weighted by atomic mass is 16.5. The van der Waals surface area contributed by atoms with E-state index in [1.807, 2.05) is 12.1 Å². The lowest BCUT2D eigenvalue weighted by Crippen LogP contribution is -2.44. The Morgan fingerprint density at radius 1 is 1.12 bits per heavy atom. The number of benzene rings is 1. The van der Waals surface area contributed by atoms with Crippen molar-refractivity contribution in [2.45, 2.75) is 51.5 Å². The molecule has 1 aliphatic rings. The minimum Gasteiger partial charge on any atom is -0.452 e. The van der Waals surface area contributed by atoms with Gasteiger partial charge in [-0.15, -0.1) is 0 Å². The summed E-state index contributed by atoms with van der Waals surface area (Å²) >= 11 is 0. The maximum atomic E-state index is 11.9. The molecule has 6 heteroatoms. The number of urea groups is 1. The molecule has 0 saturated heterocycles. The summed E-state index contributed by atoms with van der Waals surface area (Å²) in [4.78, 5) is 35.2. The molecule has 0 spiro atoms. The number of carbonyl (C=O) groups is 3. The van der Waals surface area contributed by atoms with Gasteiger partial charge in [0.15, 0.2) is 6.61 Å². The Bertz CT molecular complexity index is 590. The van der Waals surface area contributed by atoms with Gasteiger partial charge in [-0.25, -0.2) is 9.59 Å². The molecule has 0 heterocycles. The summed E-state index contributed by atoms with van der Waals surface area (Å²) in [6, 6.07) is 6.64. The number of hydrogen-bond donors (Lipinski definition) is 2. The van der Waals surface area contributed by atoms with E-state index in [2.05, 4.69) is 24.5 Å². The van der Waals surface area contributed by atoms with Crippen LogP contribution < -0.4 is 10.6 Å². The first-order chi connectivity index (χ1) is 11.5. The van der Waals surface area contributed by atoms with E-state index in [1.165, 1.54) is 0 Å². The summed E-state index contributed by atoms with van der Waals surface area (Å²) in [5.41, 5.74) is 1.50. The summed E-state index contributed by atoms with van der Waals surface area (Å²) in [6.07, 6.45) is 4.05. The van der Waals surface area contributed by atoms with Crippen LogP contribution in [0.25, 0.3) is 0 Å². The summed E-state index contributed by atoms with van der Waals surface area (Å²) in [5, 5.41) is 4.91. The van der Waals surface area contributed by atoms with Gasteiger partial charge in [0.25, 0.3) is 5.91 Å². The SMILES string of the molecule is CC(C)c1ccc(C(=O)OCC(=O)NC(=O)NC2CCCC2)cc1. The monoisotopic (exact) mass is 332 g/mol. The van der Waals surface area contributed by atoms with Crippen molar-refractivity contribution in [1.29, 1.82) is 0 Å². The average molecular weight is 332 g/mol. The van der Waals surface area contributed by atoms with E-state index < -0.39 is 24.5 Å². The molecule has 0 atom stereocenters. The van der Waals surface area contributed by atoms with E-state index in [-0.39, 0.29) is 6.04 Å². The van der Waals surface area contributed by atoms with Gasteiger partial charge in [-0.1, -0.05) is 38.8 Å². The van der Waals surface area contributed by atoms with Crippen molar-refractivity contribution in [2.24, 2.45) is 0 Å². The Labute approximate surface area is 142 Å². The Kier molecular flexibility index (Phi) is 6.35. The third kappa shape index (κ3) is 5.37. The molecule has 2 rings (SSSR count). The van der Waals surface area contributed by atoms with Gasteiger partial charge in [-0.2, -0.15) is 0 Å². The van der Waals surface area contributed by atoms with Crippen LogP contribution in [0.4, 0.5) is 4.79 Å². The van der Waals surface area contributed by atoms with E-state index in [0.717, 1.165) is 31.2 Å². The fourth-order valence-corrected chi connectivity index (χ4v) is 2.67. The van der Waals surface area contributed by atoms with Crippen molar-refractivity contribution in [2.75, 3.05) is 6.61 Å². The van der Waals surface area contributed by atoms with Gasteiger partial charge >= 0.3 is 12.0 Å². The number of ether oxygens (including phenoxy) is 1. The van der Waals surface area contributed by atoms with Crippen molar-refractivity contribution in [3.05, 3.63) is 35.4 Å². The van der Waals surface area contributed by atoms with Crippen molar-refractivity contribution < 1.29 is 19.1 Å². The molecule has 0 aromatic heterocycles. The Morgan fingerprint density at radius 3 is 2.33 bits per heavy atom.